The van der Waals surface area contributed by atoms with E-state index in [0.29, 0.717) is 22.0 Å². The standard InChI is InChI=1S/C20H17N3O3S/c1-13-18(12-21)20(24)23(14-4-6-15(25-2)7-5-14)22-19(13)27-17-10-8-16(26-3)9-11-17/h4-11H,1-3H3. The van der Waals surface area contributed by atoms with Crippen LogP contribution in [0.15, 0.2) is 63.2 Å². The highest BCUT2D eigenvalue weighted by molar-refractivity contribution is 7.99. The van der Waals surface area contributed by atoms with Crippen molar-refractivity contribution in [3.8, 4) is 23.3 Å². The second-order valence-electron chi connectivity index (χ2n) is 5.61. The fraction of sp³-hybridized carbons (Fsp3) is 0.150. The van der Waals surface area contributed by atoms with E-state index in [1.807, 2.05) is 30.3 Å². The van der Waals surface area contributed by atoms with Crippen LogP contribution in [0.1, 0.15) is 11.1 Å². The third-order valence-electron chi connectivity index (χ3n) is 4.00. The van der Waals surface area contributed by atoms with E-state index >= 15 is 0 Å². The van der Waals surface area contributed by atoms with E-state index < -0.39 is 5.56 Å². The highest BCUT2D eigenvalue weighted by Crippen LogP contribution is 2.30. The summed E-state index contributed by atoms with van der Waals surface area (Å²) in [7, 11) is 3.18. The van der Waals surface area contributed by atoms with Gasteiger partial charge in [0.25, 0.3) is 5.56 Å². The van der Waals surface area contributed by atoms with E-state index in [0.717, 1.165) is 10.6 Å². The number of ether oxygens (including phenoxy) is 2. The van der Waals surface area contributed by atoms with Gasteiger partial charge in [0.1, 0.15) is 28.2 Å². The second kappa shape index (κ2) is 7.98. The molecule has 1 heterocycles. The molecule has 0 aliphatic heterocycles. The molecule has 0 unspecified atom stereocenters. The predicted octanol–water partition coefficient (Wildman–Crippen LogP) is 3.58. The summed E-state index contributed by atoms with van der Waals surface area (Å²) in [4.78, 5) is 13.6. The van der Waals surface area contributed by atoms with E-state index in [-0.39, 0.29) is 5.56 Å². The molecule has 6 nitrogen and oxygen atoms in total. The summed E-state index contributed by atoms with van der Waals surface area (Å²) in [6.07, 6.45) is 0. The molecule has 0 spiro atoms. The summed E-state index contributed by atoms with van der Waals surface area (Å²) in [6.45, 7) is 1.73. The molecule has 7 heteroatoms. The quantitative estimate of drug-likeness (QED) is 0.674. The minimum absolute atomic E-state index is 0.0804. The van der Waals surface area contributed by atoms with E-state index in [2.05, 4.69) is 5.10 Å². The van der Waals surface area contributed by atoms with Crippen molar-refractivity contribution in [3.05, 3.63) is 70.0 Å². The second-order valence-corrected chi connectivity index (χ2v) is 6.67. The number of rotatable bonds is 5. The number of methoxy groups -OCH3 is 2. The maximum Gasteiger partial charge on any atom is 0.289 e. The molecule has 0 bridgehead atoms. The Labute approximate surface area is 161 Å². The number of hydrogen-bond acceptors (Lipinski definition) is 6. The molecular weight excluding hydrogens is 362 g/mol. The molecule has 3 aromatic rings. The highest BCUT2D eigenvalue weighted by atomic mass is 32.2. The van der Waals surface area contributed by atoms with Crippen LogP contribution in [0, 0.1) is 18.3 Å². The van der Waals surface area contributed by atoms with Gasteiger partial charge < -0.3 is 9.47 Å². The van der Waals surface area contributed by atoms with Gasteiger partial charge in [-0.15, -0.1) is 0 Å². The van der Waals surface area contributed by atoms with Gasteiger partial charge in [0, 0.05) is 10.5 Å². The van der Waals surface area contributed by atoms with Gasteiger partial charge in [-0.2, -0.15) is 15.0 Å². The molecule has 1 aromatic heterocycles. The summed E-state index contributed by atoms with van der Waals surface area (Å²) in [5.74, 6) is 1.43. The van der Waals surface area contributed by atoms with E-state index in [4.69, 9.17) is 9.47 Å². The topological polar surface area (TPSA) is 77.1 Å². The zero-order valence-electron chi connectivity index (χ0n) is 15.1. The van der Waals surface area contributed by atoms with Crippen molar-refractivity contribution in [3.63, 3.8) is 0 Å². The third-order valence-corrected chi connectivity index (χ3v) is 5.08. The molecule has 2 aromatic carbocycles. The van der Waals surface area contributed by atoms with Crippen LogP contribution in [0.2, 0.25) is 0 Å². The normalized spacial score (nSPS) is 10.3. The van der Waals surface area contributed by atoms with Crippen molar-refractivity contribution in [1.82, 2.24) is 9.78 Å². The lowest BCUT2D eigenvalue weighted by atomic mass is 10.2. The van der Waals surface area contributed by atoms with Crippen LogP contribution in [-0.4, -0.2) is 24.0 Å². The van der Waals surface area contributed by atoms with Gasteiger partial charge in [-0.3, -0.25) is 4.79 Å². The smallest absolute Gasteiger partial charge is 0.289 e. The van der Waals surface area contributed by atoms with Gasteiger partial charge >= 0.3 is 0 Å². The maximum atomic E-state index is 12.7. The Hall–Kier alpha value is -3.24. The number of nitriles is 1. The molecule has 0 fully saturated rings. The van der Waals surface area contributed by atoms with Crippen LogP contribution in [0.5, 0.6) is 11.5 Å². The van der Waals surface area contributed by atoms with Gasteiger partial charge in [0.15, 0.2) is 0 Å². The SMILES string of the molecule is COc1ccc(Sc2nn(-c3ccc(OC)cc3)c(=O)c(C#N)c2C)cc1. The van der Waals surface area contributed by atoms with E-state index in [1.165, 1.54) is 16.4 Å². The highest BCUT2D eigenvalue weighted by Gasteiger charge is 2.16. The van der Waals surface area contributed by atoms with Crippen molar-refractivity contribution < 1.29 is 9.47 Å². The van der Waals surface area contributed by atoms with Crippen LogP contribution < -0.4 is 15.0 Å². The molecular formula is C20H17N3O3S. The van der Waals surface area contributed by atoms with Crippen LogP contribution in [0.3, 0.4) is 0 Å². The number of nitrogens with zero attached hydrogens (tertiary/aromatic N) is 3. The Bertz CT molecular complexity index is 1050. The zero-order chi connectivity index (χ0) is 19.4. The number of hydrogen-bond donors (Lipinski definition) is 0. The number of benzene rings is 2. The fourth-order valence-corrected chi connectivity index (χ4v) is 3.34. The lowest BCUT2D eigenvalue weighted by Gasteiger charge is -2.12. The monoisotopic (exact) mass is 379 g/mol. The summed E-state index contributed by atoms with van der Waals surface area (Å²) in [5.41, 5.74) is 0.762. The molecule has 0 radical (unpaired) electrons. The molecule has 136 valence electrons. The van der Waals surface area contributed by atoms with Crippen LogP contribution >= 0.6 is 11.8 Å². The lowest BCUT2D eigenvalue weighted by molar-refractivity contribution is 0.414. The molecule has 0 saturated carbocycles. The number of aromatic nitrogens is 2. The van der Waals surface area contributed by atoms with Gasteiger partial charge in [0.2, 0.25) is 0 Å². The lowest BCUT2D eigenvalue weighted by Crippen LogP contribution is -2.25. The molecule has 0 aliphatic rings. The molecule has 0 aliphatic carbocycles. The van der Waals surface area contributed by atoms with Gasteiger partial charge in [-0.05, 0) is 55.5 Å². The van der Waals surface area contributed by atoms with Gasteiger partial charge in [-0.25, -0.2) is 0 Å². The summed E-state index contributed by atoms with van der Waals surface area (Å²) in [6, 6.07) is 16.5. The maximum absolute atomic E-state index is 12.7. The Morgan fingerprint density at radius 2 is 1.56 bits per heavy atom. The summed E-state index contributed by atoms with van der Waals surface area (Å²) >= 11 is 1.39. The Balaban J connectivity index is 2.07. The first-order chi connectivity index (χ1) is 13.1. The Morgan fingerprint density at radius 3 is 2.07 bits per heavy atom. The fourth-order valence-electron chi connectivity index (χ4n) is 2.47. The third kappa shape index (κ3) is 3.81. The minimum atomic E-state index is -0.445. The van der Waals surface area contributed by atoms with Crippen molar-refractivity contribution in [1.29, 1.82) is 5.26 Å². The average molecular weight is 379 g/mol. The first-order valence-corrected chi connectivity index (χ1v) is 8.89. The van der Waals surface area contributed by atoms with Gasteiger partial charge in [0.05, 0.1) is 19.9 Å². The molecule has 0 saturated heterocycles. The van der Waals surface area contributed by atoms with Crippen molar-refractivity contribution in [2.75, 3.05) is 14.2 Å². The molecule has 0 amide bonds. The summed E-state index contributed by atoms with van der Waals surface area (Å²) < 4.78 is 11.6. The molecule has 0 N–H and O–H groups in total. The van der Waals surface area contributed by atoms with Crippen molar-refractivity contribution >= 4 is 11.8 Å². The van der Waals surface area contributed by atoms with Crippen LogP contribution in [0.4, 0.5) is 0 Å². The first kappa shape index (κ1) is 18.5. The van der Waals surface area contributed by atoms with Gasteiger partial charge in [-0.1, -0.05) is 11.8 Å². The molecule has 0 atom stereocenters. The Kier molecular flexibility index (Phi) is 5.48. The van der Waals surface area contributed by atoms with E-state index in [9.17, 15) is 10.1 Å². The zero-order valence-corrected chi connectivity index (χ0v) is 15.9. The molecule has 3 rings (SSSR count). The van der Waals surface area contributed by atoms with Crippen LogP contribution in [0.25, 0.3) is 5.69 Å². The minimum Gasteiger partial charge on any atom is -0.497 e. The molecule has 27 heavy (non-hydrogen) atoms. The van der Waals surface area contributed by atoms with Crippen LogP contribution in [-0.2, 0) is 0 Å². The largest absolute Gasteiger partial charge is 0.497 e. The first-order valence-electron chi connectivity index (χ1n) is 8.07. The Morgan fingerprint density at radius 1 is 1.00 bits per heavy atom. The predicted molar refractivity (Wildman–Crippen MR) is 103 cm³/mol. The van der Waals surface area contributed by atoms with Crippen molar-refractivity contribution in [2.45, 2.75) is 16.8 Å². The van der Waals surface area contributed by atoms with E-state index in [1.54, 1.807) is 45.4 Å². The average Bonchev–Trinajstić information content (AvgIpc) is 2.71. The summed E-state index contributed by atoms with van der Waals surface area (Å²) in [5, 5.41) is 14.6. The van der Waals surface area contributed by atoms with Crippen molar-refractivity contribution in [2.24, 2.45) is 0 Å².